The Labute approximate surface area is 184 Å². The third-order valence-electron chi connectivity index (χ3n) is 7.45. The molecule has 164 valence electrons. The molecule has 0 bridgehead atoms. The Kier molecular flexibility index (Phi) is 5.97. The van der Waals surface area contributed by atoms with E-state index in [9.17, 15) is 0 Å². The zero-order chi connectivity index (χ0) is 20.7. The Hall–Kier alpha value is -1.28. The maximum atomic E-state index is 5.18. The zero-order valence-electron chi connectivity index (χ0n) is 18.9. The molecule has 0 N–H and O–H groups in total. The van der Waals surface area contributed by atoms with Gasteiger partial charge in [0.25, 0.3) is 0 Å². The van der Waals surface area contributed by atoms with Crippen molar-refractivity contribution in [3.8, 4) is 0 Å². The van der Waals surface area contributed by atoms with Gasteiger partial charge in [-0.2, -0.15) is 0 Å². The number of anilines is 1. The molecule has 3 fully saturated rings. The van der Waals surface area contributed by atoms with Crippen molar-refractivity contribution in [3.63, 3.8) is 0 Å². The minimum Gasteiger partial charge on any atom is -0.354 e. The van der Waals surface area contributed by atoms with Crippen LogP contribution in [-0.4, -0.2) is 89.6 Å². The summed E-state index contributed by atoms with van der Waals surface area (Å²) in [6.45, 7) is 18.3. The molecule has 0 radical (unpaired) electrons. The van der Waals surface area contributed by atoms with Crippen LogP contribution in [0, 0.1) is 13.8 Å². The molecule has 3 aliphatic rings. The molecule has 1 atom stereocenters. The molecule has 3 saturated heterocycles. The summed E-state index contributed by atoms with van der Waals surface area (Å²) in [5.41, 5.74) is 1.37. The van der Waals surface area contributed by atoms with Gasteiger partial charge in [0.15, 0.2) is 0 Å². The summed E-state index contributed by atoms with van der Waals surface area (Å²) in [6, 6.07) is 0.663. The summed E-state index contributed by atoms with van der Waals surface area (Å²) in [4.78, 5) is 23.1. The van der Waals surface area contributed by atoms with Crippen molar-refractivity contribution < 1.29 is 0 Å². The van der Waals surface area contributed by atoms with E-state index in [-0.39, 0.29) is 0 Å². The number of likely N-dealkylation sites (tertiary alicyclic amines) is 1. The molecule has 0 amide bonds. The molecule has 2 aromatic rings. The highest BCUT2D eigenvalue weighted by atomic mass is 32.1. The Bertz CT molecular complexity index is 881. The minimum atomic E-state index is 0.663. The quantitative estimate of drug-likeness (QED) is 0.729. The number of thiophene rings is 1. The van der Waals surface area contributed by atoms with E-state index in [0.717, 1.165) is 25.5 Å². The van der Waals surface area contributed by atoms with Gasteiger partial charge in [0, 0.05) is 50.2 Å². The second kappa shape index (κ2) is 8.69. The van der Waals surface area contributed by atoms with E-state index in [1.54, 1.807) is 0 Å². The minimum absolute atomic E-state index is 0.663. The normalized spacial score (nSPS) is 24.5. The highest BCUT2D eigenvalue weighted by Crippen LogP contribution is 2.37. The summed E-state index contributed by atoms with van der Waals surface area (Å²) in [5, 5.41) is 1.30. The fourth-order valence-corrected chi connectivity index (χ4v) is 6.43. The molecule has 7 heteroatoms. The SMILES string of the molecule is CCN1CCN(C2CCN(c3nc(CN4CCCC4)nc4sc(C)c(C)c34)C2)CC1. The predicted molar refractivity (Wildman–Crippen MR) is 126 cm³/mol. The first-order valence-electron chi connectivity index (χ1n) is 11.8. The van der Waals surface area contributed by atoms with Crippen molar-refractivity contribution in [3.05, 3.63) is 16.3 Å². The number of aryl methyl sites for hydroxylation is 2. The highest BCUT2D eigenvalue weighted by Gasteiger charge is 2.32. The number of hydrogen-bond acceptors (Lipinski definition) is 7. The fraction of sp³-hybridized carbons (Fsp3) is 0.739. The van der Waals surface area contributed by atoms with Gasteiger partial charge in [-0.3, -0.25) is 9.80 Å². The summed E-state index contributed by atoms with van der Waals surface area (Å²) < 4.78 is 0. The van der Waals surface area contributed by atoms with Crippen LogP contribution in [0.4, 0.5) is 5.82 Å². The van der Waals surface area contributed by atoms with Crippen LogP contribution in [0.5, 0.6) is 0 Å². The van der Waals surface area contributed by atoms with Crippen LogP contribution >= 0.6 is 11.3 Å². The van der Waals surface area contributed by atoms with Gasteiger partial charge in [-0.25, -0.2) is 9.97 Å². The molecule has 0 aliphatic carbocycles. The van der Waals surface area contributed by atoms with Crippen LogP contribution < -0.4 is 4.90 Å². The van der Waals surface area contributed by atoms with Crippen LogP contribution in [0.25, 0.3) is 10.2 Å². The lowest BCUT2D eigenvalue weighted by Gasteiger charge is -2.37. The first-order valence-corrected chi connectivity index (χ1v) is 12.6. The van der Waals surface area contributed by atoms with Gasteiger partial charge in [-0.15, -0.1) is 11.3 Å². The highest BCUT2D eigenvalue weighted by molar-refractivity contribution is 7.18. The van der Waals surface area contributed by atoms with Crippen LogP contribution in [0.2, 0.25) is 0 Å². The van der Waals surface area contributed by atoms with Crippen LogP contribution in [-0.2, 0) is 6.54 Å². The summed E-state index contributed by atoms with van der Waals surface area (Å²) >= 11 is 1.84. The summed E-state index contributed by atoms with van der Waals surface area (Å²) in [6.07, 6.45) is 3.87. The molecule has 30 heavy (non-hydrogen) atoms. The van der Waals surface area contributed by atoms with Crippen molar-refractivity contribution >= 4 is 27.4 Å². The molecule has 3 aliphatic heterocycles. The molecule has 1 unspecified atom stereocenters. The number of fused-ring (bicyclic) bond motifs is 1. The van der Waals surface area contributed by atoms with E-state index < -0.39 is 0 Å². The van der Waals surface area contributed by atoms with E-state index in [0.29, 0.717) is 6.04 Å². The van der Waals surface area contributed by atoms with E-state index in [1.165, 1.54) is 91.6 Å². The van der Waals surface area contributed by atoms with Gasteiger partial charge in [0.05, 0.1) is 11.9 Å². The van der Waals surface area contributed by atoms with Crippen molar-refractivity contribution in [2.24, 2.45) is 0 Å². The predicted octanol–water partition coefficient (Wildman–Crippen LogP) is 3.12. The molecular weight excluding hydrogens is 392 g/mol. The van der Waals surface area contributed by atoms with Crippen LogP contribution in [0.1, 0.15) is 42.5 Å². The lowest BCUT2D eigenvalue weighted by molar-refractivity contribution is 0.107. The van der Waals surface area contributed by atoms with Gasteiger partial charge in [0.2, 0.25) is 0 Å². The van der Waals surface area contributed by atoms with Crippen molar-refractivity contribution in [2.45, 2.75) is 52.6 Å². The summed E-state index contributed by atoms with van der Waals surface area (Å²) in [7, 11) is 0. The Morgan fingerprint density at radius 3 is 2.43 bits per heavy atom. The molecule has 5 heterocycles. The Morgan fingerprint density at radius 1 is 0.933 bits per heavy atom. The Morgan fingerprint density at radius 2 is 1.70 bits per heavy atom. The standard InChI is InChI=1S/C23H36N6S/c1-4-26-11-13-28(14-12-26)19-7-10-29(15-19)22-21-17(2)18(3)30-23(21)25-20(24-22)16-27-8-5-6-9-27/h19H,4-16H2,1-3H3. The molecule has 0 aromatic carbocycles. The molecule has 5 rings (SSSR count). The second-order valence-corrected chi connectivity index (χ2v) is 10.5. The van der Waals surface area contributed by atoms with Gasteiger partial charge < -0.3 is 9.80 Å². The van der Waals surface area contributed by atoms with E-state index in [4.69, 9.17) is 9.97 Å². The lowest BCUT2D eigenvalue weighted by Crippen LogP contribution is -2.50. The molecule has 6 nitrogen and oxygen atoms in total. The second-order valence-electron chi connectivity index (χ2n) is 9.27. The lowest BCUT2D eigenvalue weighted by atomic mass is 10.2. The smallest absolute Gasteiger partial charge is 0.146 e. The number of likely N-dealkylation sites (N-methyl/N-ethyl adjacent to an activating group) is 1. The first-order chi connectivity index (χ1) is 14.6. The maximum absolute atomic E-state index is 5.18. The van der Waals surface area contributed by atoms with Gasteiger partial charge in [0.1, 0.15) is 16.5 Å². The monoisotopic (exact) mass is 428 g/mol. The van der Waals surface area contributed by atoms with Crippen LogP contribution in [0.15, 0.2) is 0 Å². The van der Waals surface area contributed by atoms with Crippen molar-refractivity contribution in [2.75, 3.05) is 63.8 Å². The van der Waals surface area contributed by atoms with Crippen molar-refractivity contribution in [1.29, 1.82) is 0 Å². The number of nitrogens with zero attached hydrogens (tertiary/aromatic N) is 6. The number of rotatable bonds is 5. The van der Waals surface area contributed by atoms with E-state index in [2.05, 4.69) is 40.4 Å². The molecule has 2 aromatic heterocycles. The zero-order valence-corrected chi connectivity index (χ0v) is 19.7. The first kappa shape index (κ1) is 20.6. The number of aromatic nitrogens is 2. The molecule has 0 saturated carbocycles. The molecular formula is C23H36N6S. The third kappa shape index (κ3) is 3.97. The van der Waals surface area contributed by atoms with E-state index >= 15 is 0 Å². The van der Waals surface area contributed by atoms with E-state index in [1.807, 2.05) is 11.3 Å². The largest absolute Gasteiger partial charge is 0.354 e. The summed E-state index contributed by atoms with van der Waals surface area (Å²) in [5.74, 6) is 2.21. The fourth-order valence-electron chi connectivity index (χ4n) is 5.39. The average Bonchev–Trinajstić information content (AvgIpc) is 3.50. The van der Waals surface area contributed by atoms with Gasteiger partial charge in [-0.1, -0.05) is 6.92 Å². The average molecular weight is 429 g/mol. The number of piperazine rings is 1. The topological polar surface area (TPSA) is 38.7 Å². The third-order valence-corrected chi connectivity index (χ3v) is 8.55. The Balaban J connectivity index is 1.38. The molecule has 0 spiro atoms. The number of hydrogen-bond donors (Lipinski definition) is 0. The van der Waals surface area contributed by atoms with Gasteiger partial charge in [-0.05, 0) is 58.3 Å². The van der Waals surface area contributed by atoms with Crippen LogP contribution in [0.3, 0.4) is 0 Å². The van der Waals surface area contributed by atoms with Crippen molar-refractivity contribution in [1.82, 2.24) is 24.7 Å². The maximum Gasteiger partial charge on any atom is 0.146 e. The van der Waals surface area contributed by atoms with Gasteiger partial charge >= 0.3 is 0 Å².